The van der Waals surface area contributed by atoms with Gasteiger partial charge in [0.25, 0.3) is 0 Å². The van der Waals surface area contributed by atoms with Crippen molar-refractivity contribution in [3.05, 3.63) is 0 Å². The number of nitrogens with two attached hydrogens (primary N) is 1. The van der Waals surface area contributed by atoms with Gasteiger partial charge in [-0.25, -0.2) is 8.42 Å². The van der Waals surface area contributed by atoms with Crippen LogP contribution in [0.5, 0.6) is 0 Å². The van der Waals surface area contributed by atoms with Crippen LogP contribution >= 0.6 is 0 Å². The Hall–Kier alpha value is -0.130. The lowest BCUT2D eigenvalue weighted by atomic mass is 10.0. The minimum absolute atomic E-state index is 0.285. The van der Waals surface area contributed by atoms with Crippen LogP contribution in [-0.4, -0.2) is 26.5 Å². The van der Waals surface area contributed by atoms with Gasteiger partial charge in [-0.05, 0) is 43.4 Å². The zero-order chi connectivity index (χ0) is 11.8. The van der Waals surface area contributed by atoms with E-state index in [2.05, 4.69) is 5.43 Å². The molecule has 0 amide bonds. The van der Waals surface area contributed by atoms with Crippen LogP contribution in [0, 0.1) is 17.8 Å². The van der Waals surface area contributed by atoms with Gasteiger partial charge in [-0.3, -0.25) is 11.3 Å². The molecule has 0 saturated heterocycles. The lowest BCUT2D eigenvalue weighted by Crippen LogP contribution is -2.38. The quantitative estimate of drug-likeness (QED) is 0.534. The molecule has 3 N–H and O–H groups in total. The fraction of sp³-hybridized carbons (Fsp3) is 1.00. The molecule has 0 aliphatic heterocycles. The predicted octanol–water partition coefficient (Wildman–Crippen LogP) is 0.689. The van der Waals surface area contributed by atoms with Crippen LogP contribution in [0.4, 0.5) is 0 Å². The molecule has 0 radical (unpaired) electrons. The van der Waals surface area contributed by atoms with E-state index in [-0.39, 0.29) is 5.75 Å². The highest BCUT2D eigenvalue weighted by molar-refractivity contribution is 7.90. The van der Waals surface area contributed by atoms with E-state index in [1.54, 1.807) is 0 Å². The van der Waals surface area contributed by atoms with Gasteiger partial charge < -0.3 is 0 Å². The number of hydrazine groups is 1. The number of sulfone groups is 1. The highest BCUT2D eigenvalue weighted by atomic mass is 32.2. The van der Waals surface area contributed by atoms with Crippen molar-refractivity contribution in [2.75, 3.05) is 12.0 Å². The van der Waals surface area contributed by atoms with Gasteiger partial charge in [0, 0.05) is 18.1 Å². The van der Waals surface area contributed by atoms with Crippen molar-refractivity contribution in [3.8, 4) is 0 Å². The zero-order valence-electron chi connectivity index (χ0n) is 9.85. The van der Waals surface area contributed by atoms with Gasteiger partial charge in [-0.2, -0.15) is 0 Å². The molecule has 2 rings (SSSR count). The molecule has 0 aromatic carbocycles. The Morgan fingerprint density at radius 2 is 2.00 bits per heavy atom. The molecule has 5 heteroatoms. The SMILES string of the molecule is CS(=O)(=O)CCCC(NN)C1C2CCCC21. The fourth-order valence-corrected chi connectivity index (χ4v) is 4.12. The first-order valence-electron chi connectivity index (χ1n) is 6.17. The molecule has 0 spiro atoms. The van der Waals surface area contributed by atoms with Crippen LogP contribution in [0.2, 0.25) is 0 Å². The summed E-state index contributed by atoms with van der Waals surface area (Å²) < 4.78 is 22.1. The minimum Gasteiger partial charge on any atom is -0.271 e. The van der Waals surface area contributed by atoms with Crippen molar-refractivity contribution in [1.82, 2.24) is 5.43 Å². The summed E-state index contributed by atoms with van der Waals surface area (Å²) in [6.45, 7) is 0. The van der Waals surface area contributed by atoms with Gasteiger partial charge in [0.15, 0.2) is 0 Å². The van der Waals surface area contributed by atoms with E-state index in [1.807, 2.05) is 0 Å². The molecule has 2 aliphatic rings. The molecule has 0 aromatic rings. The lowest BCUT2D eigenvalue weighted by Gasteiger charge is -2.17. The van der Waals surface area contributed by atoms with Gasteiger partial charge in [0.05, 0.1) is 0 Å². The number of rotatable bonds is 6. The third kappa shape index (κ3) is 2.76. The normalized spacial score (nSPS) is 34.8. The van der Waals surface area contributed by atoms with Crippen molar-refractivity contribution in [3.63, 3.8) is 0 Å². The summed E-state index contributed by atoms with van der Waals surface area (Å²) in [5, 5.41) is 0. The lowest BCUT2D eigenvalue weighted by molar-refractivity contribution is 0.388. The summed E-state index contributed by atoms with van der Waals surface area (Å²) >= 11 is 0. The van der Waals surface area contributed by atoms with E-state index < -0.39 is 9.84 Å². The molecule has 4 nitrogen and oxygen atoms in total. The topological polar surface area (TPSA) is 72.2 Å². The first-order valence-corrected chi connectivity index (χ1v) is 8.23. The second-order valence-corrected chi connectivity index (χ2v) is 7.64. The molecule has 2 aliphatic carbocycles. The first-order chi connectivity index (χ1) is 7.53. The van der Waals surface area contributed by atoms with Crippen LogP contribution in [0.1, 0.15) is 32.1 Å². The number of fused-ring (bicyclic) bond motifs is 1. The second-order valence-electron chi connectivity index (χ2n) is 5.38. The van der Waals surface area contributed by atoms with Crippen molar-refractivity contribution >= 4 is 9.84 Å². The van der Waals surface area contributed by atoms with E-state index >= 15 is 0 Å². The van der Waals surface area contributed by atoms with E-state index in [1.165, 1.54) is 25.5 Å². The maximum absolute atomic E-state index is 11.0. The third-order valence-corrected chi connectivity index (χ3v) is 5.21. The van der Waals surface area contributed by atoms with Crippen molar-refractivity contribution < 1.29 is 8.42 Å². The van der Waals surface area contributed by atoms with Crippen LogP contribution in [0.25, 0.3) is 0 Å². The summed E-state index contributed by atoms with van der Waals surface area (Å²) in [4.78, 5) is 0. The van der Waals surface area contributed by atoms with Crippen LogP contribution < -0.4 is 11.3 Å². The molecular weight excluding hydrogens is 224 g/mol. The Morgan fingerprint density at radius 3 is 2.50 bits per heavy atom. The minimum atomic E-state index is -2.82. The summed E-state index contributed by atoms with van der Waals surface area (Å²) in [7, 11) is -2.82. The number of hydrogen-bond acceptors (Lipinski definition) is 4. The Morgan fingerprint density at radius 1 is 1.38 bits per heavy atom. The largest absolute Gasteiger partial charge is 0.271 e. The van der Waals surface area contributed by atoms with E-state index in [9.17, 15) is 8.42 Å². The van der Waals surface area contributed by atoms with Gasteiger partial charge in [0.2, 0.25) is 0 Å². The Bertz CT molecular complexity index is 332. The van der Waals surface area contributed by atoms with Gasteiger partial charge >= 0.3 is 0 Å². The number of hydrogen-bond donors (Lipinski definition) is 2. The zero-order valence-corrected chi connectivity index (χ0v) is 10.7. The fourth-order valence-electron chi connectivity index (χ4n) is 3.43. The Labute approximate surface area is 97.9 Å². The van der Waals surface area contributed by atoms with Gasteiger partial charge in [-0.15, -0.1) is 0 Å². The molecular formula is C11H22N2O2S. The molecule has 0 aromatic heterocycles. The van der Waals surface area contributed by atoms with Crippen molar-refractivity contribution in [1.29, 1.82) is 0 Å². The maximum atomic E-state index is 11.0. The maximum Gasteiger partial charge on any atom is 0.147 e. The summed E-state index contributed by atoms with van der Waals surface area (Å²) in [5.74, 6) is 8.32. The van der Waals surface area contributed by atoms with Crippen LogP contribution in [0.3, 0.4) is 0 Å². The standard InChI is InChI=1S/C11H22N2O2S/c1-16(14,15)7-3-6-10(13-12)11-8-4-2-5-9(8)11/h8-11,13H,2-7,12H2,1H3. The molecule has 3 atom stereocenters. The molecule has 3 unspecified atom stereocenters. The third-order valence-electron chi connectivity index (χ3n) is 4.18. The Kier molecular flexibility index (Phi) is 3.56. The highest BCUT2D eigenvalue weighted by Gasteiger charge is 2.55. The molecule has 16 heavy (non-hydrogen) atoms. The molecule has 94 valence electrons. The second kappa shape index (κ2) is 4.63. The average Bonchev–Trinajstić information content (AvgIpc) is 2.68. The molecule has 0 heterocycles. The summed E-state index contributed by atoms with van der Waals surface area (Å²) in [5.41, 5.74) is 2.88. The van der Waals surface area contributed by atoms with E-state index in [0.717, 1.165) is 30.6 Å². The monoisotopic (exact) mass is 246 g/mol. The van der Waals surface area contributed by atoms with Gasteiger partial charge in [-0.1, -0.05) is 6.42 Å². The van der Waals surface area contributed by atoms with E-state index in [0.29, 0.717) is 6.04 Å². The summed E-state index contributed by atoms with van der Waals surface area (Å²) in [6.07, 6.45) is 6.97. The predicted molar refractivity (Wildman–Crippen MR) is 64.4 cm³/mol. The van der Waals surface area contributed by atoms with Crippen molar-refractivity contribution in [2.24, 2.45) is 23.6 Å². The van der Waals surface area contributed by atoms with E-state index in [4.69, 9.17) is 5.84 Å². The molecule has 2 saturated carbocycles. The first kappa shape index (κ1) is 12.3. The van der Waals surface area contributed by atoms with Crippen LogP contribution in [0.15, 0.2) is 0 Å². The smallest absolute Gasteiger partial charge is 0.147 e. The molecule has 0 bridgehead atoms. The average molecular weight is 246 g/mol. The Balaban J connectivity index is 1.75. The number of nitrogens with one attached hydrogen (secondary N) is 1. The van der Waals surface area contributed by atoms with Crippen LogP contribution in [-0.2, 0) is 9.84 Å². The van der Waals surface area contributed by atoms with Crippen molar-refractivity contribution in [2.45, 2.75) is 38.1 Å². The van der Waals surface area contributed by atoms with Gasteiger partial charge in [0.1, 0.15) is 9.84 Å². The molecule has 2 fully saturated rings. The summed E-state index contributed by atoms with van der Waals surface area (Å²) in [6, 6.07) is 0.331. The highest BCUT2D eigenvalue weighted by Crippen LogP contribution is 2.59.